The largest absolute Gasteiger partial charge is 0.461 e. The molecular weight excluding hydrogens is 322 g/mol. The molecule has 0 aromatic heterocycles. The van der Waals surface area contributed by atoms with Crippen molar-refractivity contribution in [3.8, 4) is 0 Å². The lowest BCUT2D eigenvalue weighted by molar-refractivity contribution is -0.156. The lowest BCUT2D eigenvalue weighted by Crippen LogP contribution is -2.45. The molecule has 0 aromatic rings. The molecule has 1 rings (SSSR count). The molecule has 3 atom stereocenters. The van der Waals surface area contributed by atoms with Crippen LogP contribution in [0.2, 0.25) is 0 Å². The van der Waals surface area contributed by atoms with E-state index in [4.69, 9.17) is 4.74 Å². The molecule has 0 aliphatic heterocycles. The first-order valence-electron chi connectivity index (χ1n) is 8.85. The second kappa shape index (κ2) is 9.50. The molecule has 1 saturated carbocycles. The molecule has 0 bridgehead atoms. The predicted octanol–water partition coefficient (Wildman–Crippen LogP) is 3.95. The second-order valence-electron chi connectivity index (χ2n) is 7.55. The van der Waals surface area contributed by atoms with Gasteiger partial charge in [0, 0.05) is 5.57 Å². The summed E-state index contributed by atoms with van der Waals surface area (Å²) in [5.74, 6) is 0.768. The molecule has 0 aromatic carbocycles. The van der Waals surface area contributed by atoms with Crippen LogP contribution in [0.25, 0.3) is 0 Å². The van der Waals surface area contributed by atoms with Crippen LogP contribution in [0.1, 0.15) is 59.8 Å². The second-order valence-corrected chi connectivity index (χ2v) is 8.54. The third-order valence-corrected chi connectivity index (χ3v) is 5.88. The number of thioether (sulfide) groups is 1. The third-order valence-electron chi connectivity index (χ3n) is 5.23. The molecule has 1 aliphatic carbocycles. The number of ether oxygens (including phenoxy) is 1. The molecule has 0 heterocycles. The number of amides is 1. The Kier molecular flexibility index (Phi) is 8.34. The number of carbonyl (C=O) groups excluding carboxylic acids is 2. The summed E-state index contributed by atoms with van der Waals surface area (Å²) in [6, 6.07) is -0.589. The zero-order valence-corrected chi connectivity index (χ0v) is 16.6. The fraction of sp³-hybridized carbons (Fsp3) is 0.789. The molecule has 1 amide bonds. The van der Waals surface area contributed by atoms with Crippen molar-refractivity contribution in [1.82, 2.24) is 5.32 Å². The average Bonchev–Trinajstić information content (AvgIpc) is 2.50. The molecule has 2 unspecified atom stereocenters. The zero-order valence-electron chi connectivity index (χ0n) is 15.8. The van der Waals surface area contributed by atoms with E-state index in [1.165, 1.54) is 6.42 Å². The van der Waals surface area contributed by atoms with E-state index < -0.39 is 6.04 Å². The van der Waals surface area contributed by atoms with Gasteiger partial charge >= 0.3 is 5.97 Å². The molecule has 0 radical (unpaired) electrons. The van der Waals surface area contributed by atoms with Gasteiger partial charge in [0.1, 0.15) is 12.1 Å². The lowest BCUT2D eigenvalue weighted by atomic mass is 9.67. The van der Waals surface area contributed by atoms with Gasteiger partial charge in [0.05, 0.1) is 0 Å². The first-order valence-corrected chi connectivity index (χ1v) is 10.2. The molecule has 24 heavy (non-hydrogen) atoms. The number of hydrogen-bond donors (Lipinski definition) is 1. The number of nitrogens with one attached hydrogen (secondary N) is 1. The van der Waals surface area contributed by atoms with Crippen LogP contribution in [-0.2, 0) is 14.3 Å². The van der Waals surface area contributed by atoms with E-state index in [2.05, 4.69) is 32.7 Å². The van der Waals surface area contributed by atoms with Gasteiger partial charge in [-0.2, -0.15) is 11.8 Å². The van der Waals surface area contributed by atoms with Gasteiger partial charge in [-0.3, -0.25) is 4.79 Å². The summed E-state index contributed by atoms with van der Waals surface area (Å²) >= 11 is 1.65. The maximum absolute atomic E-state index is 12.6. The number of esters is 1. The average molecular weight is 356 g/mol. The first-order chi connectivity index (χ1) is 11.2. The summed E-state index contributed by atoms with van der Waals surface area (Å²) in [6.45, 7) is 12.0. The Morgan fingerprint density at radius 1 is 1.42 bits per heavy atom. The van der Waals surface area contributed by atoms with Crippen molar-refractivity contribution in [2.24, 2.45) is 11.3 Å². The summed E-state index contributed by atoms with van der Waals surface area (Å²) in [7, 11) is 0. The minimum atomic E-state index is -0.589. The summed E-state index contributed by atoms with van der Waals surface area (Å²) in [4.78, 5) is 24.5. The highest BCUT2D eigenvalue weighted by Crippen LogP contribution is 2.42. The van der Waals surface area contributed by atoms with Crippen molar-refractivity contribution in [2.45, 2.75) is 71.9 Å². The van der Waals surface area contributed by atoms with Crippen LogP contribution in [0.5, 0.6) is 0 Å². The Labute approximate surface area is 151 Å². The van der Waals surface area contributed by atoms with E-state index in [1.54, 1.807) is 18.7 Å². The first kappa shape index (κ1) is 21.1. The van der Waals surface area contributed by atoms with Crippen molar-refractivity contribution in [1.29, 1.82) is 0 Å². The van der Waals surface area contributed by atoms with Gasteiger partial charge in [-0.1, -0.05) is 27.4 Å². The van der Waals surface area contributed by atoms with Crippen LogP contribution in [-0.4, -0.2) is 36.0 Å². The van der Waals surface area contributed by atoms with E-state index in [-0.39, 0.29) is 23.4 Å². The topological polar surface area (TPSA) is 55.4 Å². The SMILES string of the molecule is C=C(C)C(=O)N[C@@H](CCSC)C(=O)OC1CCCC(C)(C(C)C)C1. The van der Waals surface area contributed by atoms with Gasteiger partial charge in [-0.25, -0.2) is 4.79 Å². The Morgan fingerprint density at radius 3 is 2.62 bits per heavy atom. The summed E-state index contributed by atoms with van der Waals surface area (Å²) in [6.07, 6.45) is 6.60. The quantitative estimate of drug-likeness (QED) is 0.529. The molecule has 0 spiro atoms. The summed E-state index contributed by atoms with van der Waals surface area (Å²) < 4.78 is 5.78. The fourth-order valence-corrected chi connectivity index (χ4v) is 3.57. The highest BCUT2D eigenvalue weighted by atomic mass is 32.2. The Balaban J connectivity index is 2.69. The summed E-state index contributed by atoms with van der Waals surface area (Å²) in [5, 5.41) is 2.76. The van der Waals surface area contributed by atoms with Crippen LogP contribution in [0.4, 0.5) is 0 Å². The molecular formula is C19H33NO3S. The molecule has 1 fully saturated rings. The van der Waals surface area contributed by atoms with Crippen LogP contribution < -0.4 is 5.32 Å². The normalized spacial score (nSPS) is 25.2. The van der Waals surface area contributed by atoms with E-state index in [9.17, 15) is 9.59 Å². The van der Waals surface area contributed by atoms with Crippen LogP contribution in [0, 0.1) is 11.3 Å². The molecule has 5 heteroatoms. The zero-order chi connectivity index (χ0) is 18.3. The van der Waals surface area contributed by atoms with Crippen molar-refractivity contribution >= 4 is 23.6 Å². The summed E-state index contributed by atoms with van der Waals surface area (Å²) in [5.41, 5.74) is 0.626. The van der Waals surface area contributed by atoms with E-state index in [1.807, 2.05) is 6.26 Å². The molecule has 0 saturated heterocycles. The van der Waals surface area contributed by atoms with Gasteiger partial charge in [0.15, 0.2) is 0 Å². The van der Waals surface area contributed by atoms with Crippen molar-refractivity contribution < 1.29 is 14.3 Å². The number of hydrogen-bond acceptors (Lipinski definition) is 4. The van der Waals surface area contributed by atoms with Gasteiger partial charge in [-0.05, 0) is 62.4 Å². The van der Waals surface area contributed by atoms with Crippen molar-refractivity contribution in [3.63, 3.8) is 0 Å². The molecule has 4 nitrogen and oxygen atoms in total. The Hall–Kier alpha value is -0.970. The van der Waals surface area contributed by atoms with Gasteiger partial charge in [0.2, 0.25) is 5.91 Å². The smallest absolute Gasteiger partial charge is 0.328 e. The van der Waals surface area contributed by atoms with Gasteiger partial charge in [0.25, 0.3) is 0 Å². The maximum Gasteiger partial charge on any atom is 0.328 e. The van der Waals surface area contributed by atoms with Gasteiger partial charge in [-0.15, -0.1) is 0 Å². The highest BCUT2D eigenvalue weighted by molar-refractivity contribution is 7.98. The predicted molar refractivity (Wildman–Crippen MR) is 101 cm³/mol. The molecule has 138 valence electrons. The van der Waals surface area contributed by atoms with Crippen molar-refractivity contribution in [3.05, 3.63) is 12.2 Å². The number of rotatable bonds is 8. The van der Waals surface area contributed by atoms with Crippen molar-refractivity contribution in [2.75, 3.05) is 12.0 Å². The van der Waals surface area contributed by atoms with E-state index in [0.717, 1.165) is 25.0 Å². The minimum absolute atomic E-state index is 0.0443. The van der Waals surface area contributed by atoms with E-state index in [0.29, 0.717) is 17.9 Å². The third kappa shape index (κ3) is 6.15. The maximum atomic E-state index is 12.6. The highest BCUT2D eigenvalue weighted by Gasteiger charge is 2.37. The van der Waals surface area contributed by atoms with Crippen LogP contribution in [0.3, 0.4) is 0 Å². The standard InChI is InChI=1S/C19H33NO3S/c1-13(2)17(21)20-16(9-11-24-6)18(22)23-15-8-7-10-19(5,12-15)14(3)4/h14-16H,1,7-12H2,2-6H3,(H,20,21)/t15?,16-,19?/m0/s1. The number of carbonyl (C=O) groups is 2. The van der Waals surface area contributed by atoms with Crippen LogP contribution in [0.15, 0.2) is 12.2 Å². The lowest BCUT2D eigenvalue weighted by Gasteiger charge is -2.41. The van der Waals surface area contributed by atoms with Crippen LogP contribution >= 0.6 is 11.8 Å². The van der Waals surface area contributed by atoms with E-state index >= 15 is 0 Å². The Bertz CT molecular complexity index is 464. The molecule has 1 aliphatic rings. The molecule has 1 N–H and O–H groups in total. The Morgan fingerprint density at radius 2 is 2.08 bits per heavy atom. The fourth-order valence-electron chi connectivity index (χ4n) is 3.10. The monoisotopic (exact) mass is 355 g/mol. The minimum Gasteiger partial charge on any atom is -0.461 e. The van der Waals surface area contributed by atoms with Gasteiger partial charge < -0.3 is 10.1 Å².